The summed E-state index contributed by atoms with van der Waals surface area (Å²) in [6, 6.07) is 5.55. The second kappa shape index (κ2) is 5.48. The molecule has 0 amide bonds. The molecule has 3 rings (SSSR count). The van der Waals surface area contributed by atoms with Crippen LogP contribution in [0, 0.1) is 5.41 Å². The minimum Gasteiger partial charge on any atom is -0.493 e. The summed E-state index contributed by atoms with van der Waals surface area (Å²) in [5.74, 6) is 1.19. The van der Waals surface area contributed by atoms with Crippen LogP contribution in [-0.2, 0) is 4.74 Å². The summed E-state index contributed by atoms with van der Waals surface area (Å²) in [4.78, 5) is 0. The van der Waals surface area contributed by atoms with Gasteiger partial charge in [-0.1, -0.05) is 12.1 Å². The largest absolute Gasteiger partial charge is 0.493 e. The number of methoxy groups -OCH3 is 2. The van der Waals surface area contributed by atoms with Gasteiger partial charge in [0.2, 0.25) is 0 Å². The number of benzene rings is 1. The van der Waals surface area contributed by atoms with Gasteiger partial charge in [0, 0.05) is 17.5 Å². The first kappa shape index (κ1) is 14.6. The van der Waals surface area contributed by atoms with Crippen LogP contribution in [-0.4, -0.2) is 38.1 Å². The number of nitrogens with two attached hydrogens (primary N) is 1. The molecule has 0 saturated carbocycles. The maximum Gasteiger partial charge on any atom is 0.166 e. The topological polar surface area (TPSA) is 73.9 Å². The van der Waals surface area contributed by atoms with Crippen LogP contribution < -0.4 is 15.2 Å². The van der Waals surface area contributed by atoms with E-state index in [9.17, 15) is 5.11 Å². The van der Waals surface area contributed by atoms with Gasteiger partial charge in [0.1, 0.15) is 0 Å². The summed E-state index contributed by atoms with van der Waals surface area (Å²) in [5, 5.41) is 11.0. The van der Waals surface area contributed by atoms with Crippen LogP contribution in [0.3, 0.4) is 0 Å². The lowest BCUT2D eigenvalue weighted by Gasteiger charge is -2.39. The summed E-state index contributed by atoms with van der Waals surface area (Å²) in [5.41, 5.74) is 6.34. The third kappa shape index (κ3) is 2.11. The lowest BCUT2D eigenvalue weighted by molar-refractivity contribution is -0.0274. The average Bonchev–Trinajstić information content (AvgIpc) is 3.14. The Labute approximate surface area is 125 Å². The molecule has 1 aromatic carbocycles. The highest BCUT2D eigenvalue weighted by Crippen LogP contribution is 2.55. The zero-order chi connectivity index (χ0) is 15.0. The molecule has 0 aromatic heterocycles. The van der Waals surface area contributed by atoms with E-state index >= 15 is 0 Å². The van der Waals surface area contributed by atoms with Crippen molar-refractivity contribution in [1.29, 1.82) is 0 Å². The van der Waals surface area contributed by atoms with Crippen LogP contribution >= 0.6 is 0 Å². The third-order valence-electron chi connectivity index (χ3n) is 5.01. The standard InChI is InChI=1S/C16H23NO4/c1-19-12-5-3-4-11(14(12)20-2)15(18)16(9-17)8-10-6-7-13(16)21-10/h3-5,10,13,15,18H,6-9,17H2,1-2H3. The molecule has 2 aliphatic rings. The molecule has 4 atom stereocenters. The third-order valence-corrected chi connectivity index (χ3v) is 5.01. The van der Waals surface area contributed by atoms with E-state index in [4.69, 9.17) is 19.9 Å². The zero-order valence-corrected chi connectivity index (χ0v) is 12.5. The van der Waals surface area contributed by atoms with Gasteiger partial charge in [0.25, 0.3) is 0 Å². The van der Waals surface area contributed by atoms with Crippen molar-refractivity contribution < 1.29 is 19.3 Å². The molecule has 5 heteroatoms. The normalized spacial score (nSPS) is 32.2. The van der Waals surface area contributed by atoms with Crippen molar-refractivity contribution in [2.75, 3.05) is 20.8 Å². The lowest BCUT2D eigenvalue weighted by Crippen LogP contribution is -2.44. The second-order valence-electron chi connectivity index (χ2n) is 5.95. The van der Waals surface area contributed by atoms with Gasteiger partial charge in [0.15, 0.2) is 11.5 Å². The fourth-order valence-corrected chi connectivity index (χ4v) is 3.89. The van der Waals surface area contributed by atoms with E-state index in [1.165, 1.54) is 0 Å². The molecule has 2 aliphatic heterocycles. The summed E-state index contributed by atoms with van der Waals surface area (Å²) in [6.07, 6.45) is 2.36. The molecule has 2 bridgehead atoms. The summed E-state index contributed by atoms with van der Waals surface area (Å²) < 4.78 is 16.7. The molecule has 116 valence electrons. The number of para-hydroxylation sites is 1. The average molecular weight is 293 g/mol. The smallest absolute Gasteiger partial charge is 0.166 e. The van der Waals surface area contributed by atoms with E-state index < -0.39 is 11.5 Å². The van der Waals surface area contributed by atoms with Crippen LogP contribution in [0.1, 0.15) is 30.9 Å². The number of rotatable bonds is 5. The Hall–Kier alpha value is -1.30. The first-order valence-corrected chi connectivity index (χ1v) is 7.40. The van der Waals surface area contributed by atoms with Crippen LogP contribution in [0.15, 0.2) is 18.2 Å². The highest BCUT2D eigenvalue weighted by atomic mass is 16.5. The quantitative estimate of drug-likeness (QED) is 0.863. The fourth-order valence-electron chi connectivity index (χ4n) is 3.89. The van der Waals surface area contributed by atoms with Crippen molar-refractivity contribution in [3.63, 3.8) is 0 Å². The van der Waals surface area contributed by atoms with E-state index in [1.54, 1.807) is 14.2 Å². The molecule has 21 heavy (non-hydrogen) atoms. The van der Waals surface area contributed by atoms with Gasteiger partial charge < -0.3 is 25.1 Å². The maximum absolute atomic E-state index is 11.0. The fraction of sp³-hybridized carbons (Fsp3) is 0.625. The number of aliphatic hydroxyl groups excluding tert-OH is 1. The van der Waals surface area contributed by atoms with Gasteiger partial charge in [-0.05, 0) is 25.3 Å². The molecule has 4 unspecified atom stereocenters. The van der Waals surface area contributed by atoms with Gasteiger partial charge in [-0.25, -0.2) is 0 Å². The van der Waals surface area contributed by atoms with Gasteiger partial charge in [-0.15, -0.1) is 0 Å². The molecule has 0 spiro atoms. The first-order chi connectivity index (χ1) is 10.2. The zero-order valence-electron chi connectivity index (χ0n) is 12.5. The molecule has 2 saturated heterocycles. The Morgan fingerprint density at radius 1 is 1.38 bits per heavy atom. The van der Waals surface area contributed by atoms with Crippen LogP contribution in [0.2, 0.25) is 0 Å². The SMILES string of the molecule is COc1cccc(C(O)C2(CN)CC3CCC2O3)c1OC. The maximum atomic E-state index is 11.0. The van der Waals surface area contributed by atoms with Crippen molar-refractivity contribution in [3.8, 4) is 11.5 Å². The number of hydrogen-bond acceptors (Lipinski definition) is 5. The first-order valence-electron chi connectivity index (χ1n) is 7.40. The van der Waals surface area contributed by atoms with Gasteiger partial charge in [-0.2, -0.15) is 0 Å². The van der Waals surface area contributed by atoms with E-state index in [2.05, 4.69) is 0 Å². The molecule has 2 heterocycles. The predicted octanol–water partition coefficient (Wildman–Crippen LogP) is 1.63. The minimum atomic E-state index is -0.720. The highest BCUT2D eigenvalue weighted by Gasteiger charge is 2.56. The Kier molecular flexibility index (Phi) is 3.82. The summed E-state index contributed by atoms with van der Waals surface area (Å²) >= 11 is 0. The van der Waals surface area contributed by atoms with Crippen molar-refractivity contribution in [3.05, 3.63) is 23.8 Å². The van der Waals surface area contributed by atoms with Crippen molar-refractivity contribution in [2.45, 2.75) is 37.6 Å². The van der Waals surface area contributed by atoms with Crippen LogP contribution in [0.25, 0.3) is 0 Å². The number of ether oxygens (including phenoxy) is 3. The molecule has 1 aromatic rings. The van der Waals surface area contributed by atoms with E-state index in [0.717, 1.165) is 24.8 Å². The Morgan fingerprint density at radius 2 is 2.19 bits per heavy atom. The Morgan fingerprint density at radius 3 is 2.71 bits per heavy atom. The number of fused-ring (bicyclic) bond motifs is 2. The molecular formula is C16H23NO4. The highest BCUT2D eigenvalue weighted by molar-refractivity contribution is 5.48. The van der Waals surface area contributed by atoms with Gasteiger partial charge in [-0.3, -0.25) is 0 Å². The second-order valence-corrected chi connectivity index (χ2v) is 5.95. The number of aliphatic hydroxyl groups is 1. The monoisotopic (exact) mass is 293 g/mol. The van der Waals surface area contributed by atoms with E-state index in [-0.39, 0.29) is 12.2 Å². The van der Waals surface area contributed by atoms with Crippen LogP contribution in [0.4, 0.5) is 0 Å². The minimum absolute atomic E-state index is 0.0263. The molecule has 0 radical (unpaired) electrons. The van der Waals surface area contributed by atoms with Crippen molar-refractivity contribution >= 4 is 0 Å². The van der Waals surface area contributed by atoms with Gasteiger partial charge >= 0.3 is 0 Å². The molecule has 2 fully saturated rings. The Balaban J connectivity index is 2.00. The molecule has 5 nitrogen and oxygen atoms in total. The molecule has 0 aliphatic carbocycles. The van der Waals surface area contributed by atoms with Crippen LogP contribution in [0.5, 0.6) is 11.5 Å². The summed E-state index contributed by atoms with van der Waals surface area (Å²) in [7, 11) is 3.17. The van der Waals surface area contributed by atoms with E-state index in [1.807, 2.05) is 18.2 Å². The lowest BCUT2D eigenvalue weighted by atomic mass is 9.68. The Bertz CT molecular complexity index is 521. The van der Waals surface area contributed by atoms with Crippen molar-refractivity contribution in [1.82, 2.24) is 0 Å². The van der Waals surface area contributed by atoms with E-state index in [0.29, 0.717) is 18.0 Å². The molecular weight excluding hydrogens is 270 g/mol. The summed E-state index contributed by atoms with van der Waals surface area (Å²) in [6.45, 7) is 0.399. The molecule has 3 N–H and O–H groups in total. The number of hydrogen-bond donors (Lipinski definition) is 2. The predicted molar refractivity (Wildman–Crippen MR) is 78.5 cm³/mol. The van der Waals surface area contributed by atoms with Crippen molar-refractivity contribution in [2.24, 2.45) is 11.1 Å². The van der Waals surface area contributed by atoms with Gasteiger partial charge in [0.05, 0.1) is 32.5 Å².